The SMILES string of the molecule is CCCCCCCCCc1ccc(O)c(N=Nc2ccc(NC(=O)c3ccc(N=Nc4cc(CCCCCCCCC)ccc4O)cc3)cc2)c1. The van der Waals surface area contributed by atoms with Gasteiger partial charge in [-0.2, -0.15) is 10.2 Å². The second kappa shape index (κ2) is 22.1. The zero-order chi connectivity index (χ0) is 36.1. The largest absolute Gasteiger partial charge is 0.506 e. The van der Waals surface area contributed by atoms with E-state index in [0.29, 0.717) is 34.0 Å². The third-order valence-electron chi connectivity index (χ3n) is 9.02. The fraction of sp³-hybridized carbons (Fsp3) is 0.419. The van der Waals surface area contributed by atoms with Gasteiger partial charge in [0.15, 0.2) is 0 Å². The number of aryl methyl sites for hydroxylation is 2. The predicted octanol–water partition coefficient (Wildman–Crippen LogP) is 13.8. The predicted molar refractivity (Wildman–Crippen MR) is 209 cm³/mol. The monoisotopic (exact) mass is 689 g/mol. The summed E-state index contributed by atoms with van der Waals surface area (Å²) < 4.78 is 0. The highest BCUT2D eigenvalue weighted by atomic mass is 16.3. The van der Waals surface area contributed by atoms with Crippen LogP contribution >= 0.6 is 0 Å². The van der Waals surface area contributed by atoms with Crippen LogP contribution in [0.15, 0.2) is 105 Å². The van der Waals surface area contributed by atoms with Crippen molar-refractivity contribution in [2.75, 3.05) is 5.32 Å². The molecule has 0 aliphatic carbocycles. The van der Waals surface area contributed by atoms with E-state index < -0.39 is 0 Å². The molecule has 0 unspecified atom stereocenters. The molecule has 0 bridgehead atoms. The van der Waals surface area contributed by atoms with Crippen molar-refractivity contribution in [1.29, 1.82) is 0 Å². The molecule has 0 aromatic heterocycles. The van der Waals surface area contributed by atoms with E-state index in [0.717, 1.165) is 36.8 Å². The highest BCUT2D eigenvalue weighted by molar-refractivity contribution is 6.04. The number of azo groups is 2. The molecule has 8 heteroatoms. The van der Waals surface area contributed by atoms with Gasteiger partial charge in [0.1, 0.15) is 22.9 Å². The van der Waals surface area contributed by atoms with Crippen molar-refractivity contribution in [2.24, 2.45) is 20.5 Å². The molecule has 0 aliphatic rings. The molecule has 0 radical (unpaired) electrons. The highest BCUT2D eigenvalue weighted by Gasteiger charge is 2.08. The third kappa shape index (κ3) is 14.1. The van der Waals surface area contributed by atoms with E-state index in [-0.39, 0.29) is 17.4 Å². The smallest absolute Gasteiger partial charge is 0.255 e. The summed E-state index contributed by atoms with van der Waals surface area (Å²) in [4.78, 5) is 12.9. The second-order valence-electron chi connectivity index (χ2n) is 13.3. The normalized spacial score (nSPS) is 11.5. The number of anilines is 1. The van der Waals surface area contributed by atoms with Crippen LogP contribution in [0.25, 0.3) is 0 Å². The fourth-order valence-corrected chi connectivity index (χ4v) is 5.90. The average Bonchev–Trinajstić information content (AvgIpc) is 3.15. The van der Waals surface area contributed by atoms with Gasteiger partial charge in [0.05, 0.1) is 11.4 Å². The summed E-state index contributed by atoms with van der Waals surface area (Å²) in [7, 11) is 0. The highest BCUT2D eigenvalue weighted by Crippen LogP contribution is 2.31. The van der Waals surface area contributed by atoms with Crippen LogP contribution in [0.5, 0.6) is 11.5 Å². The van der Waals surface area contributed by atoms with Crippen LogP contribution in [0.2, 0.25) is 0 Å². The number of unbranched alkanes of at least 4 members (excludes halogenated alkanes) is 12. The van der Waals surface area contributed by atoms with Gasteiger partial charge in [-0.1, -0.05) is 103 Å². The van der Waals surface area contributed by atoms with Gasteiger partial charge in [-0.25, -0.2) is 0 Å². The van der Waals surface area contributed by atoms with Crippen LogP contribution in [-0.4, -0.2) is 16.1 Å². The summed E-state index contributed by atoms with van der Waals surface area (Å²) in [5, 5.41) is 40.7. The van der Waals surface area contributed by atoms with E-state index >= 15 is 0 Å². The zero-order valence-electron chi connectivity index (χ0n) is 30.5. The maximum atomic E-state index is 12.9. The van der Waals surface area contributed by atoms with Crippen LogP contribution < -0.4 is 5.32 Å². The van der Waals surface area contributed by atoms with Crippen molar-refractivity contribution in [3.05, 3.63) is 102 Å². The van der Waals surface area contributed by atoms with Gasteiger partial charge in [0, 0.05) is 11.3 Å². The third-order valence-corrected chi connectivity index (χ3v) is 9.02. The number of phenols is 2. The Balaban J connectivity index is 1.24. The van der Waals surface area contributed by atoms with Gasteiger partial charge in [-0.3, -0.25) is 4.79 Å². The molecular formula is C43H55N5O3. The maximum Gasteiger partial charge on any atom is 0.255 e. The Labute approximate surface area is 304 Å². The van der Waals surface area contributed by atoms with Crippen molar-refractivity contribution in [3.8, 4) is 11.5 Å². The van der Waals surface area contributed by atoms with Gasteiger partial charge in [0.25, 0.3) is 5.91 Å². The number of aromatic hydroxyl groups is 2. The Bertz CT molecular complexity index is 1680. The number of phenolic OH excluding ortho intramolecular Hbond substituents is 2. The number of nitrogens with one attached hydrogen (secondary N) is 1. The van der Waals surface area contributed by atoms with Crippen molar-refractivity contribution < 1.29 is 15.0 Å². The molecule has 8 nitrogen and oxygen atoms in total. The van der Waals surface area contributed by atoms with Gasteiger partial charge in [0.2, 0.25) is 0 Å². The van der Waals surface area contributed by atoms with Gasteiger partial charge >= 0.3 is 0 Å². The van der Waals surface area contributed by atoms with Crippen LogP contribution in [0.3, 0.4) is 0 Å². The molecule has 270 valence electrons. The summed E-state index contributed by atoms with van der Waals surface area (Å²) in [5.74, 6) is -0.0712. The van der Waals surface area contributed by atoms with Crippen LogP contribution in [0.4, 0.5) is 28.4 Å². The van der Waals surface area contributed by atoms with Gasteiger partial charge in [-0.05, 0) is 110 Å². The van der Waals surface area contributed by atoms with E-state index in [2.05, 4.69) is 39.6 Å². The van der Waals surface area contributed by atoms with E-state index in [9.17, 15) is 15.0 Å². The molecule has 0 fully saturated rings. The number of nitrogens with zero attached hydrogens (tertiary/aromatic N) is 4. The molecule has 0 atom stereocenters. The van der Waals surface area contributed by atoms with Gasteiger partial charge < -0.3 is 15.5 Å². The van der Waals surface area contributed by atoms with Crippen molar-refractivity contribution in [1.82, 2.24) is 0 Å². The lowest BCUT2D eigenvalue weighted by Gasteiger charge is -2.06. The van der Waals surface area contributed by atoms with Crippen LogP contribution in [-0.2, 0) is 12.8 Å². The quantitative estimate of drug-likeness (QED) is 0.0562. The summed E-state index contributed by atoms with van der Waals surface area (Å²) in [6.07, 6.45) is 19.5. The minimum absolute atomic E-state index is 0.0898. The lowest BCUT2D eigenvalue weighted by atomic mass is 10.0. The standard InChI is InChI=1S/C43H55N5O3/c1-3-5-7-9-11-13-15-17-33-19-29-41(49)39(31-33)47-45-37-23-21-35(22-24-37)43(51)44-36-25-27-38(28-26-36)46-48-40-32-34(20-30-42(40)50)18-16-14-12-10-8-6-4-2/h19-32,49-50H,3-18H2,1-2H3,(H,44,51). The number of amides is 1. The lowest BCUT2D eigenvalue weighted by molar-refractivity contribution is 0.102. The number of hydrogen-bond acceptors (Lipinski definition) is 7. The molecule has 0 heterocycles. The topological polar surface area (TPSA) is 119 Å². The first-order valence-electron chi connectivity index (χ1n) is 18.9. The molecule has 1 amide bonds. The molecule has 3 N–H and O–H groups in total. The molecule has 51 heavy (non-hydrogen) atoms. The minimum atomic E-state index is -0.258. The maximum absolute atomic E-state index is 12.9. The molecule has 0 aliphatic heterocycles. The molecular weight excluding hydrogens is 635 g/mol. The molecule has 4 aromatic carbocycles. The molecule has 0 spiro atoms. The Kier molecular flexibility index (Phi) is 16.9. The summed E-state index contributed by atoms with van der Waals surface area (Å²) in [6.45, 7) is 4.47. The molecule has 4 aromatic rings. The van der Waals surface area contributed by atoms with Crippen LogP contribution in [0, 0.1) is 0 Å². The second-order valence-corrected chi connectivity index (χ2v) is 13.3. The Morgan fingerprint density at radius 3 is 1.37 bits per heavy atom. The average molecular weight is 690 g/mol. The fourth-order valence-electron chi connectivity index (χ4n) is 5.90. The van der Waals surface area contributed by atoms with Crippen LogP contribution in [0.1, 0.15) is 125 Å². The number of carbonyl (C=O) groups excluding carboxylic acids is 1. The van der Waals surface area contributed by atoms with E-state index in [1.807, 2.05) is 24.3 Å². The van der Waals surface area contributed by atoms with Gasteiger partial charge in [-0.15, -0.1) is 10.2 Å². The number of hydrogen-bond donors (Lipinski definition) is 3. The summed E-state index contributed by atoms with van der Waals surface area (Å²) >= 11 is 0. The first-order chi connectivity index (χ1) is 24.9. The zero-order valence-corrected chi connectivity index (χ0v) is 30.5. The van der Waals surface area contributed by atoms with E-state index in [1.165, 1.54) is 77.0 Å². The van der Waals surface area contributed by atoms with E-state index in [1.54, 1.807) is 60.7 Å². The molecule has 0 saturated heterocycles. The van der Waals surface area contributed by atoms with E-state index in [4.69, 9.17) is 0 Å². The lowest BCUT2D eigenvalue weighted by Crippen LogP contribution is -2.11. The molecule has 4 rings (SSSR count). The van der Waals surface area contributed by atoms with Crippen molar-refractivity contribution in [3.63, 3.8) is 0 Å². The first-order valence-corrected chi connectivity index (χ1v) is 18.9. The Hall–Kier alpha value is -4.85. The first kappa shape index (κ1) is 38.9. The Morgan fingerprint density at radius 2 is 0.922 bits per heavy atom. The van der Waals surface area contributed by atoms with Crippen molar-refractivity contribution in [2.45, 2.75) is 117 Å². The molecule has 0 saturated carbocycles. The Morgan fingerprint density at radius 1 is 0.510 bits per heavy atom. The minimum Gasteiger partial charge on any atom is -0.506 e. The summed E-state index contributed by atoms with van der Waals surface area (Å²) in [5.41, 5.74) is 5.43. The van der Waals surface area contributed by atoms with Crippen molar-refractivity contribution >= 4 is 34.3 Å². The number of rotatable bonds is 22. The number of benzene rings is 4. The summed E-state index contributed by atoms with van der Waals surface area (Å²) in [6, 6.07) is 24.9. The number of carbonyl (C=O) groups is 1.